The molecule has 0 aliphatic rings. The highest BCUT2D eigenvalue weighted by Gasteiger charge is 2.37. The Balaban J connectivity index is 2.11. The van der Waals surface area contributed by atoms with Crippen LogP contribution in [0.4, 0.5) is 26.3 Å². The van der Waals surface area contributed by atoms with Gasteiger partial charge in [-0.05, 0) is 29.8 Å². The fraction of sp³-hybridized carbons (Fsp3) is 0.200. The van der Waals surface area contributed by atoms with Crippen molar-refractivity contribution >= 4 is 5.97 Å². The van der Waals surface area contributed by atoms with Crippen molar-refractivity contribution < 1.29 is 36.2 Å². The van der Waals surface area contributed by atoms with E-state index in [2.05, 4.69) is 15.4 Å². The van der Waals surface area contributed by atoms with Crippen LogP contribution in [0.2, 0.25) is 0 Å². The third-order valence-corrected chi connectivity index (χ3v) is 3.61. The van der Waals surface area contributed by atoms with E-state index in [1.807, 2.05) is 0 Å². The fourth-order valence-electron chi connectivity index (χ4n) is 2.46. The Morgan fingerprint density at radius 2 is 1.64 bits per heavy atom. The van der Waals surface area contributed by atoms with E-state index in [4.69, 9.17) is 0 Å². The lowest BCUT2D eigenvalue weighted by Crippen LogP contribution is -2.15. The number of benzene rings is 1. The molecule has 0 aliphatic carbocycles. The molecule has 0 saturated heterocycles. The molecule has 1 aromatic carbocycles. The molecule has 0 saturated carbocycles. The number of halogens is 6. The smallest absolute Gasteiger partial charge is 0.416 e. The van der Waals surface area contributed by atoms with Gasteiger partial charge in [-0.25, -0.2) is 14.2 Å². The highest BCUT2D eigenvalue weighted by molar-refractivity contribution is 5.88. The minimum Gasteiger partial charge on any atom is -0.476 e. The number of alkyl halides is 6. The molecule has 3 rings (SSSR count). The van der Waals surface area contributed by atoms with E-state index >= 15 is 0 Å². The van der Waals surface area contributed by atoms with Gasteiger partial charge in [-0.3, -0.25) is 0 Å². The number of aromatic nitrogens is 5. The minimum atomic E-state index is -5.00. The Kier molecular flexibility index (Phi) is 4.61. The molecule has 2 heterocycles. The molecule has 1 N–H and O–H groups in total. The van der Waals surface area contributed by atoms with Crippen LogP contribution in [0.5, 0.6) is 0 Å². The van der Waals surface area contributed by atoms with Crippen LogP contribution < -0.4 is 0 Å². The van der Waals surface area contributed by atoms with Gasteiger partial charge in [0.2, 0.25) is 5.69 Å². The number of carbonyl (C=O) groups is 1. The van der Waals surface area contributed by atoms with Crippen LogP contribution in [-0.4, -0.2) is 35.9 Å². The van der Waals surface area contributed by atoms with Crippen molar-refractivity contribution in [2.24, 2.45) is 0 Å². The van der Waals surface area contributed by atoms with E-state index in [1.165, 1.54) is 18.5 Å². The largest absolute Gasteiger partial charge is 0.476 e. The van der Waals surface area contributed by atoms with Crippen LogP contribution in [0.3, 0.4) is 0 Å². The summed E-state index contributed by atoms with van der Waals surface area (Å²) in [5.74, 6) is -1.71. The number of carboxylic acids is 1. The Bertz CT molecular complexity index is 975. The number of hydrogen-bond acceptors (Lipinski definition) is 4. The van der Waals surface area contributed by atoms with Gasteiger partial charge >= 0.3 is 18.3 Å². The van der Waals surface area contributed by atoms with E-state index in [-0.39, 0.29) is 11.9 Å². The molecule has 0 unspecified atom stereocenters. The maximum atomic E-state index is 13.0. The molecule has 0 bridgehead atoms. The summed E-state index contributed by atoms with van der Waals surface area (Å²) < 4.78 is 79.9. The topological polar surface area (TPSA) is 85.8 Å². The SMILES string of the molecule is O=C(O)c1nnn(Cc2cc(C(F)(F)F)cc(C(F)(F)F)c2)c1-n1cccn1. The molecule has 0 atom stereocenters. The fourth-order valence-corrected chi connectivity index (χ4v) is 2.46. The van der Waals surface area contributed by atoms with Crippen molar-refractivity contribution in [3.63, 3.8) is 0 Å². The zero-order valence-corrected chi connectivity index (χ0v) is 13.5. The van der Waals surface area contributed by atoms with Crippen LogP contribution in [0.1, 0.15) is 27.2 Å². The van der Waals surface area contributed by atoms with E-state index in [0.29, 0.717) is 12.1 Å². The second-order valence-corrected chi connectivity index (χ2v) is 5.59. The van der Waals surface area contributed by atoms with Crippen molar-refractivity contribution in [3.8, 4) is 5.82 Å². The van der Waals surface area contributed by atoms with Crippen LogP contribution in [0.15, 0.2) is 36.7 Å². The third-order valence-electron chi connectivity index (χ3n) is 3.61. The molecule has 0 spiro atoms. The second-order valence-electron chi connectivity index (χ2n) is 5.59. The molecular formula is C15H9F6N5O2. The number of nitrogens with zero attached hydrogens (tertiary/aromatic N) is 5. The monoisotopic (exact) mass is 405 g/mol. The summed E-state index contributed by atoms with van der Waals surface area (Å²) in [5.41, 5.74) is -3.93. The lowest BCUT2D eigenvalue weighted by Gasteiger charge is -2.15. The molecule has 148 valence electrons. The van der Waals surface area contributed by atoms with Gasteiger partial charge in [0.05, 0.1) is 17.7 Å². The molecule has 3 aromatic rings. The molecule has 13 heteroatoms. The van der Waals surface area contributed by atoms with E-state index in [9.17, 15) is 36.2 Å². The first-order chi connectivity index (χ1) is 13.0. The second kappa shape index (κ2) is 6.65. The zero-order chi connectivity index (χ0) is 20.7. The van der Waals surface area contributed by atoms with Gasteiger partial charge in [-0.1, -0.05) is 5.21 Å². The summed E-state index contributed by atoms with van der Waals surface area (Å²) in [6.45, 7) is -0.595. The average molecular weight is 405 g/mol. The van der Waals surface area contributed by atoms with Gasteiger partial charge < -0.3 is 5.11 Å². The predicted octanol–water partition coefficient (Wildman–Crippen LogP) is 3.25. The Morgan fingerprint density at radius 3 is 2.11 bits per heavy atom. The number of carboxylic acid groups (broad SMARTS) is 1. The van der Waals surface area contributed by atoms with Crippen LogP contribution in [0, 0.1) is 0 Å². The Morgan fingerprint density at radius 1 is 1.04 bits per heavy atom. The van der Waals surface area contributed by atoms with Crippen LogP contribution in [0.25, 0.3) is 5.82 Å². The van der Waals surface area contributed by atoms with Gasteiger partial charge in [-0.15, -0.1) is 5.10 Å². The first-order valence-corrected chi connectivity index (χ1v) is 7.42. The Hall–Kier alpha value is -3.38. The summed E-state index contributed by atoms with van der Waals surface area (Å²) in [7, 11) is 0. The molecular weight excluding hydrogens is 396 g/mol. The molecule has 2 aromatic heterocycles. The quantitative estimate of drug-likeness (QED) is 0.674. The van der Waals surface area contributed by atoms with Gasteiger partial charge in [0, 0.05) is 12.4 Å². The van der Waals surface area contributed by atoms with Gasteiger partial charge in [0.25, 0.3) is 0 Å². The van der Waals surface area contributed by atoms with Gasteiger partial charge in [-0.2, -0.15) is 31.4 Å². The first kappa shape index (κ1) is 19.4. The van der Waals surface area contributed by atoms with E-state index < -0.39 is 47.3 Å². The maximum absolute atomic E-state index is 13.0. The molecule has 7 nitrogen and oxygen atoms in total. The van der Waals surface area contributed by atoms with Gasteiger partial charge in [0.15, 0.2) is 5.82 Å². The highest BCUT2D eigenvalue weighted by atomic mass is 19.4. The molecule has 0 amide bonds. The van der Waals surface area contributed by atoms with Gasteiger partial charge in [0.1, 0.15) is 0 Å². The standard InChI is InChI=1S/C15H9F6N5O2/c16-14(17,18)9-4-8(5-10(6-9)15(19,20)21)7-26-12(25-3-1-2-22-25)11(13(27)28)23-24-26/h1-6H,7H2,(H,27,28). The van der Waals surface area contributed by atoms with Crippen LogP contribution >= 0.6 is 0 Å². The van der Waals surface area contributed by atoms with Crippen molar-refractivity contribution in [2.45, 2.75) is 18.9 Å². The highest BCUT2D eigenvalue weighted by Crippen LogP contribution is 2.36. The van der Waals surface area contributed by atoms with Crippen molar-refractivity contribution in [1.29, 1.82) is 0 Å². The summed E-state index contributed by atoms with van der Waals surface area (Å²) in [4.78, 5) is 11.3. The number of rotatable bonds is 4. The van der Waals surface area contributed by atoms with E-state index in [0.717, 1.165) is 9.36 Å². The lowest BCUT2D eigenvalue weighted by molar-refractivity contribution is -0.143. The molecule has 0 radical (unpaired) electrons. The minimum absolute atomic E-state index is 0.00191. The lowest BCUT2D eigenvalue weighted by atomic mass is 10.0. The molecule has 28 heavy (non-hydrogen) atoms. The third kappa shape index (κ3) is 3.82. The Labute approximate surface area is 151 Å². The number of aromatic carboxylic acids is 1. The maximum Gasteiger partial charge on any atom is 0.416 e. The van der Waals surface area contributed by atoms with Crippen molar-refractivity contribution in [2.75, 3.05) is 0 Å². The number of hydrogen-bond donors (Lipinski definition) is 1. The summed E-state index contributed by atoms with van der Waals surface area (Å²) in [6, 6.07) is 2.51. The van der Waals surface area contributed by atoms with Crippen LogP contribution in [-0.2, 0) is 18.9 Å². The molecule has 0 aliphatic heterocycles. The predicted molar refractivity (Wildman–Crippen MR) is 79.7 cm³/mol. The zero-order valence-electron chi connectivity index (χ0n) is 13.5. The normalized spacial score (nSPS) is 12.4. The van der Waals surface area contributed by atoms with Crippen molar-refractivity contribution in [1.82, 2.24) is 24.8 Å². The summed E-state index contributed by atoms with van der Waals surface area (Å²) in [6.07, 6.45) is -7.38. The molecule has 0 fully saturated rings. The van der Waals surface area contributed by atoms with E-state index in [1.54, 1.807) is 0 Å². The summed E-state index contributed by atoms with van der Waals surface area (Å²) in [5, 5.41) is 20.0. The van der Waals surface area contributed by atoms with Crippen molar-refractivity contribution in [3.05, 3.63) is 59.0 Å². The first-order valence-electron chi connectivity index (χ1n) is 7.42. The summed E-state index contributed by atoms with van der Waals surface area (Å²) >= 11 is 0. The average Bonchev–Trinajstić information content (AvgIpc) is 3.21.